The van der Waals surface area contributed by atoms with Crippen LogP contribution in [0, 0.1) is 0 Å². The number of rotatable bonds is 3. The van der Waals surface area contributed by atoms with Crippen molar-refractivity contribution in [1.29, 1.82) is 0 Å². The van der Waals surface area contributed by atoms with Gasteiger partial charge in [-0.1, -0.05) is 95.5 Å². The zero-order valence-electron chi connectivity index (χ0n) is 9.79. The monoisotopic (exact) mass is 346 g/mol. The first kappa shape index (κ1) is 15.0. The number of halogens is 4. The minimum absolute atomic E-state index is 0.0241. The maximum Gasteiger partial charge on any atom is 0.262 e. The lowest BCUT2D eigenvalue weighted by Crippen LogP contribution is -2.54. The van der Waals surface area contributed by atoms with Crippen LogP contribution in [0.4, 0.5) is 0 Å². The predicted molar refractivity (Wildman–Crippen MR) is 88.3 cm³/mol. The molecule has 0 saturated carbocycles. The molecule has 0 bridgehead atoms. The SMILES string of the molecule is ClC(Cl)=C(Cl)[Si](Cl)(c1ccccc1)c1ccccc1. The minimum Gasteiger partial charge on any atom is -0.148 e. The summed E-state index contributed by atoms with van der Waals surface area (Å²) in [7, 11) is -2.81. The maximum absolute atomic E-state index is 6.92. The van der Waals surface area contributed by atoms with Crippen LogP contribution in [0.1, 0.15) is 0 Å². The summed E-state index contributed by atoms with van der Waals surface area (Å²) in [5, 5.41) is 1.90. The van der Waals surface area contributed by atoms with Crippen LogP contribution in [0.5, 0.6) is 0 Å². The predicted octanol–water partition coefficient (Wildman–Crippen LogP) is 4.41. The average molecular weight is 348 g/mol. The molecule has 0 radical (unpaired) electrons. The van der Waals surface area contributed by atoms with Gasteiger partial charge in [0.2, 0.25) is 0 Å². The summed E-state index contributed by atoms with van der Waals surface area (Å²) in [6.07, 6.45) is 0. The second-order valence-corrected chi connectivity index (χ2v) is 10.3. The number of hydrogen-bond acceptors (Lipinski definition) is 0. The molecule has 5 heteroatoms. The molecule has 0 aromatic heterocycles. The highest BCUT2D eigenvalue weighted by Crippen LogP contribution is 2.30. The van der Waals surface area contributed by atoms with Gasteiger partial charge in [-0.3, -0.25) is 0 Å². The quantitative estimate of drug-likeness (QED) is 0.569. The van der Waals surface area contributed by atoms with Crippen LogP contribution in [-0.4, -0.2) is 7.38 Å². The average Bonchev–Trinajstić information content (AvgIpc) is 2.47. The van der Waals surface area contributed by atoms with Crippen LogP contribution in [0.2, 0.25) is 0 Å². The molecule has 0 saturated heterocycles. The Morgan fingerprint density at radius 1 is 0.684 bits per heavy atom. The zero-order valence-corrected chi connectivity index (χ0v) is 13.8. The molecule has 98 valence electrons. The molecule has 0 N–H and O–H groups in total. The van der Waals surface area contributed by atoms with Crippen molar-refractivity contribution < 1.29 is 0 Å². The van der Waals surface area contributed by atoms with Crippen molar-refractivity contribution in [3.05, 3.63) is 69.8 Å². The molecular formula is C14H10Cl4Si. The van der Waals surface area contributed by atoms with Crippen LogP contribution < -0.4 is 10.4 Å². The first-order valence-electron chi connectivity index (χ1n) is 5.58. The third-order valence-electron chi connectivity index (χ3n) is 2.81. The molecule has 0 spiro atoms. The Balaban J connectivity index is 2.68. The van der Waals surface area contributed by atoms with Crippen molar-refractivity contribution in [2.45, 2.75) is 0 Å². The molecule has 2 rings (SSSR count). The molecule has 0 aliphatic carbocycles. The molecule has 0 atom stereocenters. The van der Waals surface area contributed by atoms with E-state index >= 15 is 0 Å². The van der Waals surface area contributed by atoms with Crippen molar-refractivity contribution in [2.75, 3.05) is 0 Å². The minimum atomic E-state index is -2.81. The lowest BCUT2D eigenvalue weighted by molar-refractivity contribution is 1.72. The molecule has 0 aliphatic heterocycles. The second-order valence-electron chi connectivity index (χ2n) is 3.96. The molecule has 0 amide bonds. The lowest BCUT2D eigenvalue weighted by Gasteiger charge is -2.25. The van der Waals surface area contributed by atoms with Crippen LogP contribution in [0.15, 0.2) is 69.8 Å². The van der Waals surface area contributed by atoms with Gasteiger partial charge in [0, 0.05) is 0 Å². The van der Waals surface area contributed by atoms with Crippen molar-refractivity contribution >= 4 is 63.6 Å². The van der Waals surface area contributed by atoms with Gasteiger partial charge in [0.1, 0.15) is 4.49 Å². The van der Waals surface area contributed by atoms with E-state index in [1.54, 1.807) is 0 Å². The van der Waals surface area contributed by atoms with E-state index in [9.17, 15) is 0 Å². The fourth-order valence-electron chi connectivity index (χ4n) is 1.89. The Bertz CT molecular complexity index is 537. The molecule has 2 aromatic carbocycles. The van der Waals surface area contributed by atoms with Gasteiger partial charge in [0.25, 0.3) is 7.38 Å². The van der Waals surface area contributed by atoms with Crippen LogP contribution >= 0.6 is 45.9 Å². The molecule has 0 unspecified atom stereocenters. The molecule has 0 aliphatic rings. The van der Waals surface area contributed by atoms with Gasteiger partial charge in [-0.25, -0.2) is 0 Å². The summed E-state index contributed by atoms with van der Waals surface area (Å²) < 4.78 is 0.353. The third-order valence-corrected chi connectivity index (χ3v) is 10.0. The summed E-state index contributed by atoms with van der Waals surface area (Å²) >= 11 is 25.0. The first-order chi connectivity index (χ1) is 9.06. The fourth-order valence-corrected chi connectivity index (χ4v) is 7.12. The van der Waals surface area contributed by atoms with E-state index in [1.165, 1.54) is 0 Å². The van der Waals surface area contributed by atoms with Gasteiger partial charge < -0.3 is 0 Å². The summed E-state index contributed by atoms with van der Waals surface area (Å²) in [5.41, 5.74) is 0. The Morgan fingerprint density at radius 2 is 1.05 bits per heavy atom. The van der Waals surface area contributed by atoms with Crippen LogP contribution in [0.3, 0.4) is 0 Å². The number of benzene rings is 2. The van der Waals surface area contributed by atoms with Crippen LogP contribution in [0.25, 0.3) is 0 Å². The van der Waals surface area contributed by atoms with E-state index in [2.05, 4.69) is 0 Å². The van der Waals surface area contributed by atoms with Crippen LogP contribution in [-0.2, 0) is 0 Å². The fraction of sp³-hybridized carbons (Fsp3) is 0. The topological polar surface area (TPSA) is 0 Å². The lowest BCUT2D eigenvalue weighted by atomic mass is 10.4. The highest BCUT2D eigenvalue weighted by atomic mass is 35.6. The third kappa shape index (κ3) is 3.01. The first-order valence-corrected chi connectivity index (χ1v) is 9.72. The Labute approximate surface area is 133 Å². The van der Waals surface area contributed by atoms with Crippen molar-refractivity contribution in [3.8, 4) is 0 Å². The molecule has 0 heterocycles. The Kier molecular flexibility index (Phi) is 4.99. The molecule has 0 fully saturated rings. The van der Waals surface area contributed by atoms with Crippen molar-refractivity contribution in [3.63, 3.8) is 0 Å². The molecule has 19 heavy (non-hydrogen) atoms. The molecular weight excluding hydrogens is 338 g/mol. The van der Waals surface area contributed by atoms with E-state index in [-0.39, 0.29) is 4.49 Å². The van der Waals surface area contributed by atoms with Gasteiger partial charge in [-0.2, -0.15) is 0 Å². The van der Waals surface area contributed by atoms with Gasteiger partial charge in [0.05, 0.1) is 4.66 Å². The zero-order chi connectivity index (χ0) is 13.9. The maximum atomic E-state index is 6.92. The van der Waals surface area contributed by atoms with Crippen molar-refractivity contribution in [1.82, 2.24) is 0 Å². The molecule has 0 nitrogen and oxygen atoms in total. The summed E-state index contributed by atoms with van der Waals surface area (Å²) in [4.78, 5) is 0. The highest BCUT2D eigenvalue weighted by molar-refractivity contribution is 7.40. The summed E-state index contributed by atoms with van der Waals surface area (Å²) in [6, 6.07) is 19.4. The Hall–Kier alpha value is -0.443. The van der Waals surface area contributed by atoms with E-state index in [4.69, 9.17) is 45.9 Å². The largest absolute Gasteiger partial charge is 0.262 e. The smallest absolute Gasteiger partial charge is 0.148 e. The van der Waals surface area contributed by atoms with Gasteiger partial charge in [-0.05, 0) is 10.4 Å². The van der Waals surface area contributed by atoms with E-state index in [1.807, 2.05) is 60.7 Å². The van der Waals surface area contributed by atoms with E-state index in [0.717, 1.165) is 10.4 Å². The van der Waals surface area contributed by atoms with Gasteiger partial charge >= 0.3 is 0 Å². The second kappa shape index (κ2) is 6.34. The van der Waals surface area contributed by atoms with Gasteiger partial charge in [-0.15, -0.1) is 11.1 Å². The summed E-state index contributed by atoms with van der Waals surface area (Å²) in [6.45, 7) is 0. The normalized spacial score (nSPS) is 11.2. The highest BCUT2D eigenvalue weighted by Gasteiger charge is 2.40. The standard InChI is InChI=1S/C14H10Cl4Si/c15-13(16)14(17)19(18,11-7-3-1-4-8-11)12-9-5-2-6-10-12/h1-10H. The Morgan fingerprint density at radius 3 is 1.37 bits per heavy atom. The number of hydrogen-bond donors (Lipinski definition) is 0. The van der Waals surface area contributed by atoms with Crippen molar-refractivity contribution in [2.24, 2.45) is 0 Å². The van der Waals surface area contributed by atoms with E-state index in [0.29, 0.717) is 4.66 Å². The molecule has 2 aromatic rings. The van der Waals surface area contributed by atoms with E-state index < -0.39 is 7.38 Å². The van der Waals surface area contributed by atoms with Gasteiger partial charge in [0.15, 0.2) is 0 Å². The summed E-state index contributed by atoms with van der Waals surface area (Å²) in [5.74, 6) is 0.